The van der Waals surface area contributed by atoms with Gasteiger partial charge in [0.1, 0.15) is 0 Å². The molecule has 0 atom stereocenters. The highest BCUT2D eigenvalue weighted by molar-refractivity contribution is 6.00. The summed E-state index contributed by atoms with van der Waals surface area (Å²) in [4.78, 5) is 2.48. The average molecular weight is 766 g/mol. The van der Waals surface area contributed by atoms with Gasteiger partial charge >= 0.3 is 0 Å². The fraction of sp³-hybridized carbons (Fsp3) is 0.0847. The minimum atomic E-state index is -0.456. The van der Waals surface area contributed by atoms with Crippen molar-refractivity contribution in [2.75, 3.05) is 4.90 Å². The molecule has 0 radical (unpaired) electrons. The van der Waals surface area contributed by atoms with Crippen molar-refractivity contribution < 1.29 is 0 Å². The molecule has 284 valence electrons. The van der Waals surface area contributed by atoms with Crippen LogP contribution in [0.2, 0.25) is 0 Å². The molecule has 0 unspecified atom stereocenters. The quantitative estimate of drug-likeness (QED) is 0.163. The number of aryl methyl sites for hydroxylation is 1. The van der Waals surface area contributed by atoms with Crippen molar-refractivity contribution in [3.63, 3.8) is 0 Å². The van der Waals surface area contributed by atoms with E-state index in [0.29, 0.717) is 0 Å². The Morgan fingerprint density at radius 2 is 0.800 bits per heavy atom. The second kappa shape index (κ2) is 14.0. The molecule has 9 aromatic rings. The van der Waals surface area contributed by atoms with Crippen LogP contribution in [0.1, 0.15) is 46.2 Å². The van der Waals surface area contributed by atoms with Gasteiger partial charge in [0.15, 0.2) is 0 Å². The van der Waals surface area contributed by atoms with Crippen LogP contribution in [0, 0.1) is 0 Å². The zero-order valence-electron chi connectivity index (χ0n) is 33.5. The largest absolute Gasteiger partial charge is 0.310 e. The maximum absolute atomic E-state index is 2.54. The third-order valence-electron chi connectivity index (χ3n) is 13.5. The van der Waals surface area contributed by atoms with Crippen LogP contribution in [0.5, 0.6) is 0 Å². The molecule has 3 aliphatic carbocycles. The minimum Gasteiger partial charge on any atom is -0.310 e. The molecule has 0 heterocycles. The van der Waals surface area contributed by atoms with E-state index >= 15 is 0 Å². The molecule has 60 heavy (non-hydrogen) atoms. The topological polar surface area (TPSA) is 3.24 Å². The first-order valence-corrected chi connectivity index (χ1v) is 21.5. The van der Waals surface area contributed by atoms with E-state index in [-0.39, 0.29) is 0 Å². The first kappa shape index (κ1) is 34.8. The molecular weight excluding hydrogens is 723 g/mol. The Bertz CT molecular complexity index is 3020. The Labute approximate surface area is 352 Å². The zero-order chi connectivity index (χ0) is 39.6. The molecule has 1 spiro atoms. The summed E-state index contributed by atoms with van der Waals surface area (Å²) in [5.74, 6) is 0. The first-order chi connectivity index (χ1) is 29.8. The molecule has 12 rings (SSSR count). The predicted octanol–water partition coefficient (Wildman–Crippen LogP) is 15.4. The van der Waals surface area contributed by atoms with Crippen LogP contribution in [0.4, 0.5) is 17.1 Å². The van der Waals surface area contributed by atoms with Crippen molar-refractivity contribution in [1.29, 1.82) is 0 Å². The fourth-order valence-electron chi connectivity index (χ4n) is 10.9. The van der Waals surface area contributed by atoms with Crippen LogP contribution in [-0.2, 0) is 18.3 Å². The van der Waals surface area contributed by atoms with E-state index in [0.717, 1.165) is 23.5 Å². The standard InChI is InChI=1S/C59H43N/c1-3-16-40(17-4-1)41-34-36-46(37-35-41)60(45-20-5-2-6-21-45)58-39-57-53(38-52(58)44-32-30-43(31-33-44)48-26-15-19-42-18-7-8-22-47(42)48)51-25-11-14-29-56(51)59(57)54-27-12-9-23-49(54)50-24-10-13-28-55(50)59/h1-6,9-17,19-21,23-39H,7-8,18,22H2. The van der Waals surface area contributed by atoms with Gasteiger partial charge in [-0.2, -0.15) is 0 Å². The van der Waals surface area contributed by atoms with E-state index in [9.17, 15) is 0 Å². The molecule has 0 saturated carbocycles. The van der Waals surface area contributed by atoms with Gasteiger partial charge in [0.2, 0.25) is 0 Å². The number of benzene rings is 9. The number of nitrogens with zero attached hydrogens (tertiary/aromatic N) is 1. The van der Waals surface area contributed by atoms with Crippen LogP contribution in [0.15, 0.2) is 212 Å². The Balaban J connectivity index is 1.12. The Hall–Kier alpha value is -7.22. The molecule has 0 aromatic heterocycles. The van der Waals surface area contributed by atoms with Crippen LogP contribution < -0.4 is 4.90 Å². The lowest BCUT2D eigenvalue weighted by Crippen LogP contribution is -2.26. The molecule has 0 amide bonds. The Kier molecular flexibility index (Phi) is 8.10. The van der Waals surface area contributed by atoms with Gasteiger partial charge in [0, 0.05) is 16.9 Å². The number of fused-ring (bicyclic) bond motifs is 11. The van der Waals surface area contributed by atoms with Crippen LogP contribution in [0.3, 0.4) is 0 Å². The van der Waals surface area contributed by atoms with E-state index in [1.807, 2.05) is 0 Å². The molecule has 1 heteroatoms. The summed E-state index contributed by atoms with van der Waals surface area (Å²) < 4.78 is 0. The van der Waals surface area contributed by atoms with Gasteiger partial charge in [-0.15, -0.1) is 0 Å². The minimum absolute atomic E-state index is 0.456. The fourth-order valence-corrected chi connectivity index (χ4v) is 10.9. The smallest absolute Gasteiger partial charge is 0.0726 e. The lowest BCUT2D eigenvalue weighted by molar-refractivity contribution is 0.687. The summed E-state index contributed by atoms with van der Waals surface area (Å²) in [5, 5.41) is 0. The van der Waals surface area contributed by atoms with Crippen molar-refractivity contribution in [2.24, 2.45) is 0 Å². The van der Waals surface area contributed by atoms with Crippen LogP contribution in [-0.4, -0.2) is 0 Å². The van der Waals surface area contributed by atoms with Gasteiger partial charge in [-0.05, 0) is 146 Å². The van der Waals surface area contributed by atoms with Crippen LogP contribution in [0.25, 0.3) is 55.6 Å². The maximum atomic E-state index is 2.54. The highest BCUT2D eigenvalue weighted by Crippen LogP contribution is 2.64. The molecule has 0 aliphatic heterocycles. The van der Waals surface area contributed by atoms with E-state index in [1.165, 1.54) is 108 Å². The molecule has 0 bridgehead atoms. The first-order valence-electron chi connectivity index (χ1n) is 21.5. The second-order valence-electron chi connectivity index (χ2n) is 16.6. The molecule has 3 aliphatic rings. The molecule has 0 saturated heterocycles. The summed E-state index contributed by atoms with van der Waals surface area (Å²) >= 11 is 0. The average Bonchev–Trinajstić information content (AvgIpc) is 3.79. The number of para-hydroxylation sites is 1. The van der Waals surface area contributed by atoms with Gasteiger partial charge in [-0.1, -0.05) is 176 Å². The maximum Gasteiger partial charge on any atom is 0.0726 e. The van der Waals surface area contributed by atoms with Crippen molar-refractivity contribution in [3.05, 3.63) is 246 Å². The van der Waals surface area contributed by atoms with E-state index in [1.54, 1.807) is 0 Å². The summed E-state index contributed by atoms with van der Waals surface area (Å²) in [5.41, 5.74) is 24.1. The second-order valence-corrected chi connectivity index (χ2v) is 16.6. The normalized spacial score (nSPS) is 13.9. The Morgan fingerprint density at radius 1 is 0.317 bits per heavy atom. The number of anilines is 3. The summed E-state index contributed by atoms with van der Waals surface area (Å²) in [6.45, 7) is 0. The lowest BCUT2D eigenvalue weighted by atomic mass is 9.70. The third kappa shape index (κ3) is 5.25. The van der Waals surface area contributed by atoms with Crippen molar-refractivity contribution in [3.8, 4) is 55.6 Å². The predicted molar refractivity (Wildman–Crippen MR) is 250 cm³/mol. The van der Waals surface area contributed by atoms with E-state index < -0.39 is 5.41 Å². The van der Waals surface area contributed by atoms with Crippen LogP contribution >= 0.6 is 0 Å². The molecule has 0 N–H and O–H groups in total. The molecule has 0 fully saturated rings. The van der Waals surface area contributed by atoms with Gasteiger partial charge in [0.05, 0.1) is 11.1 Å². The highest BCUT2D eigenvalue weighted by Gasteiger charge is 2.52. The van der Waals surface area contributed by atoms with E-state index in [2.05, 4.69) is 217 Å². The van der Waals surface area contributed by atoms with Gasteiger partial charge < -0.3 is 4.90 Å². The zero-order valence-corrected chi connectivity index (χ0v) is 33.5. The molecular formula is C59H43N. The molecule has 1 nitrogen and oxygen atoms in total. The van der Waals surface area contributed by atoms with Crippen molar-refractivity contribution in [1.82, 2.24) is 0 Å². The van der Waals surface area contributed by atoms with E-state index in [4.69, 9.17) is 0 Å². The monoisotopic (exact) mass is 765 g/mol. The highest BCUT2D eigenvalue weighted by atomic mass is 15.1. The summed E-state index contributed by atoms with van der Waals surface area (Å²) in [6, 6.07) is 79.5. The summed E-state index contributed by atoms with van der Waals surface area (Å²) in [6.07, 6.45) is 4.88. The SMILES string of the molecule is c1ccc(-c2ccc(N(c3ccccc3)c3cc4c(cc3-c3ccc(-c5cccc6c5CCCC6)cc3)-c3ccccc3C43c4ccccc4-c4ccccc43)cc2)cc1. The van der Waals surface area contributed by atoms with Crippen molar-refractivity contribution >= 4 is 17.1 Å². The number of rotatable bonds is 6. The lowest BCUT2D eigenvalue weighted by Gasteiger charge is -2.33. The number of hydrogen-bond acceptors (Lipinski definition) is 1. The molecule has 9 aromatic carbocycles. The van der Waals surface area contributed by atoms with Gasteiger partial charge in [-0.25, -0.2) is 0 Å². The summed E-state index contributed by atoms with van der Waals surface area (Å²) in [7, 11) is 0. The van der Waals surface area contributed by atoms with Crippen molar-refractivity contribution in [2.45, 2.75) is 31.1 Å². The third-order valence-corrected chi connectivity index (χ3v) is 13.5. The van der Waals surface area contributed by atoms with Gasteiger partial charge in [0.25, 0.3) is 0 Å². The Morgan fingerprint density at radius 3 is 1.45 bits per heavy atom. The van der Waals surface area contributed by atoms with Gasteiger partial charge in [-0.3, -0.25) is 0 Å². The number of hydrogen-bond donors (Lipinski definition) is 0.